The molecule has 0 spiro atoms. The highest BCUT2D eigenvalue weighted by molar-refractivity contribution is 7.09. The Morgan fingerprint density at radius 2 is 1.77 bits per heavy atom. The minimum atomic E-state index is -1.06. The van der Waals surface area contributed by atoms with Gasteiger partial charge in [-0.15, -0.1) is 0 Å². The summed E-state index contributed by atoms with van der Waals surface area (Å²) < 4.78 is 9.32. The Kier molecular flexibility index (Phi) is 7.45. The molecule has 184 valence electrons. The number of amides is 3. The molecule has 10 heteroatoms. The average molecular weight is 496 g/mol. The second kappa shape index (κ2) is 10.1. The van der Waals surface area contributed by atoms with Gasteiger partial charge in [0.1, 0.15) is 16.7 Å². The topological polar surface area (TPSA) is 141 Å². The number of hydrogen-bond acceptors (Lipinski definition) is 7. The van der Waals surface area contributed by atoms with Crippen LogP contribution in [0.25, 0.3) is 0 Å². The smallest absolute Gasteiger partial charge is 0.273 e. The van der Waals surface area contributed by atoms with Crippen molar-refractivity contribution in [3.8, 4) is 5.75 Å². The van der Waals surface area contributed by atoms with Crippen molar-refractivity contribution in [2.45, 2.75) is 39.3 Å². The normalized spacial score (nSPS) is 12.0. The minimum Gasteiger partial charge on any atom is -0.497 e. The number of hydrogen-bond donors (Lipinski definition) is 3. The van der Waals surface area contributed by atoms with E-state index in [9.17, 15) is 14.4 Å². The number of carbonyl (C=O) groups is 3. The standard InChI is InChI=1S/C25H29N5O4S/c1-14-9-11-15(12-10-14)20(23(32)28-25(2,3)4)30(16-7-6-8-17(13-16)34-5)24(33)21-18(26)19(22(27)31)29-35-21/h6-13,20H,26H2,1-5H3,(H2,27,31)(H,28,32). The lowest BCUT2D eigenvalue weighted by atomic mass is 9.99. The number of carbonyl (C=O) groups excluding carboxylic acids is 3. The fourth-order valence-corrected chi connectivity index (χ4v) is 4.23. The van der Waals surface area contributed by atoms with Crippen LogP contribution in [0.15, 0.2) is 48.5 Å². The van der Waals surface area contributed by atoms with Crippen LogP contribution in [-0.2, 0) is 4.79 Å². The third-order valence-electron chi connectivity index (χ3n) is 5.10. The SMILES string of the molecule is COc1cccc(N(C(=O)c2snc(C(N)=O)c2N)C(C(=O)NC(C)(C)C)c2ccc(C)cc2)c1. The molecule has 1 aromatic heterocycles. The van der Waals surface area contributed by atoms with Crippen LogP contribution >= 0.6 is 11.5 Å². The second-order valence-electron chi connectivity index (χ2n) is 9.07. The zero-order valence-corrected chi connectivity index (χ0v) is 21.1. The maximum atomic E-state index is 14.0. The van der Waals surface area contributed by atoms with E-state index in [-0.39, 0.29) is 16.3 Å². The van der Waals surface area contributed by atoms with Gasteiger partial charge in [-0.1, -0.05) is 35.9 Å². The molecule has 0 aliphatic rings. The first-order chi connectivity index (χ1) is 16.4. The number of ether oxygens (including phenoxy) is 1. The number of anilines is 2. The van der Waals surface area contributed by atoms with Crippen LogP contribution < -0.4 is 26.4 Å². The highest BCUT2D eigenvalue weighted by Gasteiger charge is 2.37. The van der Waals surface area contributed by atoms with Crippen molar-refractivity contribution >= 4 is 40.6 Å². The summed E-state index contributed by atoms with van der Waals surface area (Å²) in [4.78, 5) is 40.7. The first-order valence-electron chi connectivity index (χ1n) is 10.8. The van der Waals surface area contributed by atoms with Crippen molar-refractivity contribution < 1.29 is 19.1 Å². The predicted molar refractivity (Wildman–Crippen MR) is 137 cm³/mol. The number of methoxy groups -OCH3 is 1. The fourth-order valence-electron chi connectivity index (χ4n) is 3.49. The molecule has 35 heavy (non-hydrogen) atoms. The van der Waals surface area contributed by atoms with E-state index in [0.29, 0.717) is 17.0 Å². The van der Waals surface area contributed by atoms with Gasteiger partial charge in [-0.2, -0.15) is 4.37 Å². The van der Waals surface area contributed by atoms with E-state index < -0.39 is 29.3 Å². The monoisotopic (exact) mass is 495 g/mol. The number of rotatable bonds is 7. The summed E-state index contributed by atoms with van der Waals surface area (Å²) in [6, 6.07) is 13.1. The van der Waals surface area contributed by atoms with Gasteiger partial charge in [0, 0.05) is 17.3 Å². The summed E-state index contributed by atoms with van der Waals surface area (Å²) in [5.74, 6) is -1.34. The van der Waals surface area contributed by atoms with Crippen molar-refractivity contribution in [2.75, 3.05) is 17.7 Å². The van der Waals surface area contributed by atoms with Crippen molar-refractivity contribution in [3.63, 3.8) is 0 Å². The Balaban J connectivity index is 2.25. The van der Waals surface area contributed by atoms with Crippen LogP contribution in [0.4, 0.5) is 11.4 Å². The molecule has 0 fully saturated rings. The van der Waals surface area contributed by atoms with Crippen LogP contribution in [0.3, 0.4) is 0 Å². The molecule has 1 heterocycles. The van der Waals surface area contributed by atoms with Gasteiger partial charge in [0.2, 0.25) is 5.91 Å². The molecule has 3 rings (SSSR count). The number of nitrogens with zero attached hydrogens (tertiary/aromatic N) is 2. The van der Waals surface area contributed by atoms with E-state index in [1.54, 1.807) is 36.4 Å². The molecule has 5 N–H and O–H groups in total. The van der Waals surface area contributed by atoms with E-state index in [0.717, 1.165) is 17.1 Å². The van der Waals surface area contributed by atoms with Crippen molar-refractivity contribution in [1.82, 2.24) is 9.69 Å². The van der Waals surface area contributed by atoms with Crippen LogP contribution in [0.1, 0.15) is 58.1 Å². The average Bonchev–Trinajstić information content (AvgIpc) is 3.18. The van der Waals surface area contributed by atoms with E-state index >= 15 is 0 Å². The molecule has 0 bridgehead atoms. The molecular weight excluding hydrogens is 466 g/mol. The lowest BCUT2D eigenvalue weighted by Gasteiger charge is -2.33. The van der Waals surface area contributed by atoms with Gasteiger partial charge >= 0.3 is 0 Å². The summed E-state index contributed by atoms with van der Waals surface area (Å²) in [5.41, 5.74) is 12.6. The number of benzene rings is 2. The first kappa shape index (κ1) is 25.7. The predicted octanol–water partition coefficient (Wildman–Crippen LogP) is 3.44. The van der Waals surface area contributed by atoms with E-state index in [4.69, 9.17) is 16.2 Å². The van der Waals surface area contributed by atoms with Crippen molar-refractivity contribution in [2.24, 2.45) is 5.73 Å². The molecule has 0 aliphatic heterocycles. The molecule has 0 saturated carbocycles. The number of aromatic nitrogens is 1. The highest BCUT2D eigenvalue weighted by atomic mass is 32.1. The Bertz CT molecular complexity index is 1250. The Morgan fingerprint density at radius 3 is 2.31 bits per heavy atom. The van der Waals surface area contributed by atoms with Gasteiger partial charge in [-0.05, 0) is 56.9 Å². The van der Waals surface area contributed by atoms with Crippen LogP contribution in [0.5, 0.6) is 5.75 Å². The van der Waals surface area contributed by atoms with Gasteiger partial charge in [0.05, 0.1) is 12.8 Å². The van der Waals surface area contributed by atoms with Crippen molar-refractivity contribution in [1.29, 1.82) is 0 Å². The third kappa shape index (κ3) is 5.78. The van der Waals surface area contributed by atoms with Gasteiger partial charge in [-0.3, -0.25) is 19.3 Å². The Labute approximate surface area is 208 Å². The third-order valence-corrected chi connectivity index (χ3v) is 5.95. The zero-order chi connectivity index (χ0) is 25.9. The molecule has 1 atom stereocenters. The molecule has 1 unspecified atom stereocenters. The fraction of sp³-hybridized carbons (Fsp3) is 0.280. The molecule has 3 aromatic rings. The number of aryl methyl sites for hydroxylation is 1. The van der Waals surface area contributed by atoms with E-state index in [1.807, 2.05) is 39.8 Å². The molecule has 2 aromatic carbocycles. The maximum Gasteiger partial charge on any atom is 0.273 e. The van der Waals surface area contributed by atoms with Gasteiger partial charge in [-0.25, -0.2) is 0 Å². The van der Waals surface area contributed by atoms with Gasteiger partial charge < -0.3 is 21.5 Å². The summed E-state index contributed by atoms with van der Waals surface area (Å²) in [6.07, 6.45) is 0. The molecule has 0 saturated heterocycles. The molecular formula is C25H29N5O4S. The second-order valence-corrected chi connectivity index (χ2v) is 9.84. The largest absolute Gasteiger partial charge is 0.497 e. The number of nitrogens with one attached hydrogen (secondary N) is 1. The summed E-state index contributed by atoms with van der Waals surface area (Å²) in [6.45, 7) is 7.50. The number of nitrogens with two attached hydrogens (primary N) is 2. The lowest BCUT2D eigenvalue weighted by Crippen LogP contribution is -2.49. The van der Waals surface area contributed by atoms with E-state index in [2.05, 4.69) is 9.69 Å². The van der Waals surface area contributed by atoms with Crippen molar-refractivity contribution in [3.05, 3.63) is 70.2 Å². The Hall–Kier alpha value is -3.92. The molecule has 0 radical (unpaired) electrons. The van der Waals surface area contributed by atoms with Gasteiger partial charge in [0.15, 0.2) is 5.69 Å². The quantitative estimate of drug-likeness (QED) is 0.459. The molecule has 0 aliphatic carbocycles. The maximum absolute atomic E-state index is 14.0. The van der Waals surface area contributed by atoms with Crippen LogP contribution in [-0.4, -0.2) is 34.7 Å². The lowest BCUT2D eigenvalue weighted by molar-refractivity contribution is -0.123. The summed E-state index contributed by atoms with van der Waals surface area (Å²) in [5, 5.41) is 2.97. The summed E-state index contributed by atoms with van der Waals surface area (Å²) >= 11 is 0.755. The first-order valence-corrected chi connectivity index (χ1v) is 11.6. The minimum absolute atomic E-state index is 0.00212. The summed E-state index contributed by atoms with van der Waals surface area (Å²) in [7, 11) is 1.51. The molecule has 3 amide bonds. The van der Waals surface area contributed by atoms with Crippen LogP contribution in [0.2, 0.25) is 0 Å². The number of nitrogen functional groups attached to an aromatic ring is 1. The van der Waals surface area contributed by atoms with Gasteiger partial charge in [0.25, 0.3) is 11.8 Å². The zero-order valence-electron chi connectivity index (χ0n) is 20.3. The number of primary amides is 1. The van der Waals surface area contributed by atoms with E-state index in [1.165, 1.54) is 12.0 Å². The molecule has 9 nitrogen and oxygen atoms in total. The highest BCUT2D eigenvalue weighted by Crippen LogP contribution is 2.35. The van der Waals surface area contributed by atoms with Crippen LogP contribution in [0, 0.1) is 6.92 Å². The Morgan fingerprint density at radius 1 is 1.11 bits per heavy atom.